The fourth-order valence-electron chi connectivity index (χ4n) is 1.14. The van der Waals surface area contributed by atoms with Gasteiger partial charge < -0.3 is 9.47 Å². The smallest absolute Gasteiger partial charge is 0.422 e. The van der Waals surface area contributed by atoms with Crippen LogP contribution in [0.3, 0.4) is 0 Å². The molecule has 1 aromatic rings. The van der Waals surface area contributed by atoms with E-state index < -0.39 is 18.8 Å². The van der Waals surface area contributed by atoms with E-state index in [1.54, 1.807) is 6.07 Å². The van der Waals surface area contributed by atoms with Crippen molar-refractivity contribution in [1.82, 2.24) is 0 Å². The predicted octanol–water partition coefficient (Wildman–Crippen LogP) is 2.29. The van der Waals surface area contributed by atoms with Crippen LogP contribution in [0.5, 0.6) is 5.75 Å². The van der Waals surface area contributed by atoms with Crippen molar-refractivity contribution in [3.63, 3.8) is 0 Å². The molecule has 18 heavy (non-hydrogen) atoms. The molecular formula is C11H8F3NO3. The molecule has 0 saturated carbocycles. The van der Waals surface area contributed by atoms with Crippen molar-refractivity contribution in [3.05, 3.63) is 29.3 Å². The molecular weight excluding hydrogens is 251 g/mol. The summed E-state index contributed by atoms with van der Waals surface area (Å²) < 4.78 is 44.9. The number of nitriles is 1. The SMILES string of the molecule is COC(=O)c1ccc(C#N)c(OCC(F)(F)F)c1. The average molecular weight is 259 g/mol. The number of carbonyl (C=O) groups is 1. The molecule has 0 N–H and O–H groups in total. The van der Waals surface area contributed by atoms with Crippen molar-refractivity contribution in [2.45, 2.75) is 6.18 Å². The Morgan fingerprint density at radius 3 is 2.61 bits per heavy atom. The standard InChI is InChI=1S/C11H8F3NO3/c1-17-10(16)7-2-3-8(5-15)9(4-7)18-6-11(12,13)14/h2-4H,6H2,1H3. The van der Waals surface area contributed by atoms with Crippen LogP contribution in [-0.2, 0) is 4.74 Å². The lowest BCUT2D eigenvalue weighted by Gasteiger charge is -2.11. The van der Waals surface area contributed by atoms with Crippen molar-refractivity contribution in [2.75, 3.05) is 13.7 Å². The van der Waals surface area contributed by atoms with Crippen LogP contribution in [-0.4, -0.2) is 25.9 Å². The molecule has 0 aliphatic heterocycles. The number of carbonyl (C=O) groups excluding carboxylic acids is 1. The van der Waals surface area contributed by atoms with E-state index in [1.807, 2.05) is 0 Å². The largest absolute Gasteiger partial charge is 0.483 e. The first-order valence-electron chi connectivity index (χ1n) is 4.69. The third-order valence-electron chi connectivity index (χ3n) is 1.91. The van der Waals surface area contributed by atoms with E-state index in [0.717, 1.165) is 13.2 Å². The minimum atomic E-state index is -4.52. The van der Waals surface area contributed by atoms with Gasteiger partial charge in [0, 0.05) is 0 Å². The van der Waals surface area contributed by atoms with Crippen LogP contribution in [0.2, 0.25) is 0 Å². The van der Waals surface area contributed by atoms with Crippen LogP contribution in [0.25, 0.3) is 0 Å². The van der Waals surface area contributed by atoms with Crippen molar-refractivity contribution in [3.8, 4) is 11.8 Å². The van der Waals surface area contributed by atoms with Gasteiger partial charge >= 0.3 is 12.1 Å². The lowest BCUT2D eigenvalue weighted by atomic mass is 10.1. The van der Waals surface area contributed by atoms with Crippen molar-refractivity contribution in [1.29, 1.82) is 5.26 Å². The van der Waals surface area contributed by atoms with Gasteiger partial charge in [0.1, 0.15) is 11.8 Å². The van der Waals surface area contributed by atoms with Crippen LogP contribution in [0.4, 0.5) is 13.2 Å². The Morgan fingerprint density at radius 1 is 1.44 bits per heavy atom. The number of ether oxygens (including phenoxy) is 2. The first kappa shape index (κ1) is 13.8. The highest BCUT2D eigenvalue weighted by Crippen LogP contribution is 2.23. The fraction of sp³-hybridized carbons (Fsp3) is 0.273. The van der Waals surface area contributed by atoms with Crippen LogP contribution in [0, 0.1) is 11.3 Å². The summed E-state index contributed by atoms with van der Waals surface area (Å²) in [7, 11) is 1.14. The molecule has 96 valence electrons. The molecule has 0 atom stereocenters. The molecule has 1 rings (SSSR count). The van der Waals surface area contributed by atoms with Crippen molar-refractivity contribution >= 4 is 5.97 Å². The second kappa shape index (κ2) is 5.40. The molecule has 0 amide bonds. The Kier molecular flexibility index (Phi) is 4.15. The molecule has 0 fully saturated rings. The van der Waals surface area contributed by atoms with Gasteiger partial charge in [-0.1, -0.05) is 0 Å². The highest BCUT2D eigenvalue weighted by Gasteiger charge is 2.29. The second-order valence-corrected chi connectivity index (χ2v) is 3.22. The van der Waals surface area contributed by atoms with Gasteiger partial charge in [-0.05, 0) is 18.2 Å². The monoisotopic (exact) mass is 259 g/mol. The van der Waals surface area contributed by atoms with Crippen molar-refractivity contribution < 1.29 is 27.4 Å². The summed E-state index contributed by atoms with van der Waals surface area (Å²) in [6.45, 7) is -1.54. The van der Waals surface area contributed by atoms with E-state index in [9.17, 15) is 18.0 Å². The van der Waals surface area contributed by atoms with Crippen LogP contribution in [0.1, 0.15) is 15.9 Å². The number of esters is 1. The van der Waals surface area contributed by atoms with Crippen LogP contribution >= 0.6 is 0 Å². The van der Waals surface area contributed by atoms with Gasteiger partial charge in [-0.15, -0.1) is 0 Å². The van der Waals surface area contributed by atoms with Gasteiger partial charge in [0.2, 0.25) is 0 Å². The van der Waals surface area contributed by atoms with Gasteiger partial charge in [-0.3, -0.25) is 0 Å². The Morgan fingerprint density at radius 2 is 2.11 bits per heavy atom. The van der Waals surface area contributed by atoms with Gasteiger partial charge in [0.05, 0.1) is 18.2 Å². The number of methoxy groups -OCH3 is 1. The average Bonchev–Trinajstić information content (AvgIpc) is 2.34. The molecule has 7 heteroatoms. The predicted molar refractivity (Wildman–Crippen MR) is 54.0 cm³/mol. The summed E-state index contributed by atoms with van der Waals surface area (Å²) in [5.74, 6) is -1.03. The molecule has 0 unspecified atom stereocenters. The van der Waals surface area contributed by atoms with E-state index in [0.29, 0.717) is 0 Å². The Hall–Kier alpha value is -2.23. The van der Waals surface area contributed by atoms with Gasteiger partial charge in [0.25, 0.3) is 0 Å². The Bertz CT molecular complexity index is 491. The maximum Gasteiger partial charge on any atom is 0.422 e. The van der Waals surface area contributed by atoms with Crippen LogP contribution < -0.4 is 4.74 Å². The van der Waals surface area contributed by atoms with Crippen molar-refractivity contribution in [2.24, 2.45) is 0 Å². The summed E-state index contributed by atoms with van der Waals surface area (Å²) in [6, 6.07) is 5.17. The number of hydrogen-bond acceptors (Lipinski definition) is 4. The first-order chi connectivity index (χ1) is 8.37. The normalized spacial score (nSPS) is 10.6. The fourth-order valence-corrected chi connectivity index (χ4v) is 1.14. The van der Waals surface area contributed by atoms with E-state index in [4.69, 9.17) is 5.26 Å². The molecule has 0 heterocycles. The number of alkyl halides is 3. The molecule has 0 radical (unpaired) electrons. The molecule has 0 bridgehead atoms. The number of halogens is 3. The third kappa shape index (κ3) is 3.66. The number of benzene rings is 1. The quantitative estimate of drug-likeness (QED) is 0.781. The molecule has 1 aromatic carbocycles. The van der Waals surface area contributed by atoms with Gasteiger partial charge in [-0.2, -0.15) is 18.4 Å². The molecule has 0 spiro atoms. The molecule has 0 aromatic heterocycles. The summed E-state index contributed by atoms with van der Waals surface area (Å²) in [6.07, 6.45) is -4.52. The summed E-state index contributed by atoms with van der Waals surface area (Å²) in [4.78, 5) is 11.2. The maximum atomic E-state index is 12.0. The Labute approximate surface area is 101 Å². The van der Waals surface area contributed by atoms with E-state index in [-0.39, 0.29) is 16.9 Å². The van der Waals surface area contributed by atoms with E-state index >= 15 is 0 Å². The number of nitrogens with zero attached hydrogens (tertiary/aromatic N) is 1. The second-order valence-electron chi connectivity index (χ2n) is 3.22. The maximum absolute atomic E-state index is 12.0. The molecule has 4 nitrogen and oxygen atoms in total. The Balaban J connectivity index is 3.00. The minimum absolute atomic E-state index is 0.00803. The summed E-state index contributed by atoms with van der Waals surface area (Å²) in [5.41, 5.74) is -0.0828. The first-order valence-corrected chi connectivity index (χ1v) is 4.69. The summed E-state index contributed by atoms with van der Waals surface area (Å²) >= 11 is 0. The minimum Gasteiger partial charge on any atom is -0.483 e. The zero-order valence-electron chi connectivity index (χ0n) is 9.25. The molecule has 0 aliphatic carbocycles. The highest BCUT2D eigenvalue weighted by molar-refractivity contribution is 5.90. The topological polar surface area (TPSA) is 59.3 Å². The zero-order chi connectivity index (χ0) is 13.8. The lowest BCUT2D eigenvalue weighted by Crippen LogP contribution is -2.19. The third-order valence-corrected chi connectivity index (χ3v) is 1.91. The van der Waals surface area contributed by atoms with Gasteiger partial charge in [0.15, 0.2) is 6.61 Å². The van der Waals surface area contributed by atoms with Crippen LogP contribution in [0.15, 0.2) is 18.2 Å². The molecule has 0 saturated heterocycles. The lowest BCUT2D eigenvalue weighted by molar-refractivity contribution is -0.153. The number of hydrogen-bond donors (Lipinski definition) is 0. The number of rotatable bonds is 3. The van der Waals surface area contributed by atoms with E-state index in [1.165, 1.54) is 12.1 Å². The zero-order valence-corrected chi connectivity index (χ0v) is 9.25. The highest BCUT2D eigenvalue weighted by atomic mass is 19.4. The molecule has 0 aliphatic rings. The van der Waals surface area contributed by atoms with E-state index in [2.05, 4.69) is 9.47 Å². The van der Waals surface area contributed by atoms with Gasteiger partial charge in [-0.25, -0.2) is 4.79 Å². The summed E-state index contributed by atoms with van der Waals surface area (Å²) in [5, 5.41) is 8.71.